The quantitative estimate of drug-likeness (QED) is 0.559. The molecular formula is C17H19Cl2N3O3. The van der Waals surface area contributed by atoms with Gasteiger partial charge in [0.25, 0.3) is 0 Å². The molecule has 0 aliphatic carbocycles. The molecule has 0 atom stereocenters. The van der Waals surface area contributed by atoms with Crippen LogP contribution in [0.3, 0.4) is 0 Å². The largest absolute Gasteiger partial charge is 0.457 e. The van der Waals surface area contributed by atoms with Gasteiger partial charge in [-0.1, -0.05) is 35.3 Å². The molecule has 2 aromatic carbocycles. The molecule has 6 nitrogen and oxygen atoms in total. The third-order valence-corrected chi connectivity index (χ3v) is 3.81. The molecule has 0 aliphatic rings. The Bertz CT molecular complexity index is 723. The maximum Gasteiger partial charge on any atom is 0.338 e. The van der Waals surface area contributed by atoms with Crippen molar-refractivity contribution in [1.82, 2.24) is 9.96 Å². The van der Waals surface area contributed by atoms with Gasteiger partial charge in [0.2, 0.25) is 0 Å². The van der Waals surface area contributed by atoms with Crippen LogP contribution in [-0.2, 0) is 6.54 Å². The molecule has 3 N–H and O–H groups in total. The molecule has 0 spiro atoms. The van der Waals surface area contributed by atoms with E-state index in [4.69, 9.17) is 33.7 Å². The summed E-state index contributed by atoms with van der Waals surface area (Å²) >= 11 is 11.9. The normalized spacial score (nSPS) is 10.8. The second-order valence-electron chi connectivity index (χ2n) is 5.55. The van der Waals surface area contributed by atoms with Crippen molar-refractivity contribution >= 4 is 29.2 Å². The Morgan fingerprint density at radius 1 is 1.12 bits per heavy atom. The monoisotopic (exact) mass is 383 g/mol. The third-order valence-electron chi connectivity index (χ3n) is 3.37. The van der Waals surface area contributed by atoms with E-state index in [0.29, 0.717) is 39.7 Å². The topological polar surface area (TPSA) is 79.0 Å². The first-order valence-electron chi connectivity index (χ1n) is 7.51. The number of halogens is 2. The molecule has 25 heavy (non-hydrogen) atoms. The van der Waals surface area contributed by atoms with E-state index in [1.807, 2.05) is 36.2 Å². The molecule has 2 amide bonds. The maximum atomic E-state index is 10.8. The van der Waals surface area contributed by atoms with Crippen LogP contribution >= 0.6 is 23.2 Å². The zero-order valence-corrected chi connectivity index (χ0v) is 15.2. The Hall–Kier alpha value is -1.99. The highest BCUT2D eigenvalue weighted by Gasteiger charge is 2.08. The molecule has 0 bridgehead atoms. The Morgan fingerprint density at radius 3 is 2.44 bits per heavy atom. The first-order valence-corrected chi connectivity index (χ1v) is 8.26. The van der Waals surface area contributed by atoms with Gasteiger partial charge >= 0.3 is 6.03 Å². The molecule has 0 radical (unpaired) electrons. The van der Waals surface area contributed by atoms with Crippen molar-refractivity contribution < 1.29 is 14.7 Å². The van der Waals surface area contributed by atoms with Crippen LogP contribution in [0.5, 0.6) is 11.5 Å². The molecule has 0 saturated heterocycles. The van der Waals surface area contributed by atoms with Gasteiger partial charge in [0.05, 0.1) is 6.54 Å². The van der Waals surface area contributed by atoms with Crippen molar-refractivity contribution in [1.29, 1.82) is 0 Å². The van der Waals surface area contributed by atoms with E-state index in [2.05, 4.69) is 0 Å². The number of carbonyl (C=O) groups is 1. The van der Waals surface area contributed by atoms with Crippen molar-refractivity contribution in [2.45, 2.75) is 6.54 Å². The summed E-state index contributed by atoms with van der Waals surface area (Å²) < 4.78 is 5.80. The number of ether oxygens (including phenoxy) is 1. The molecular weight excluding hydrogens is 365 g/mol. The summed E-state index contributed by atoms with van der Waals surface area (Å²) in [5.41, 5.74) is 5.98. The van der Waals surface area contributed by atoms with Gasteiger partial charge in [-0.3, -0.25) is 5.21 Å². The van der Waals surface area contributed by atoms with E-state index in [1.54, 1.807) is 18.2 Å². The number of benzene rings is 2. The average molecular weight is 384 g/mol. The predicted molar refractivity (Wildman–Crippen MR) is 97.4 cm³/mol. The number of rotatable bonds is 7. The predicted octanol–water partition coefficient (Wildman–Crippen LogP) is 3.99. The highest BCUT2D eigenvalue weighted by molar-refractivity contribution is 6.34. The molecule has 0 saturated carbocycles. The van der Waals surface area contributed by atoms with Gasteiger partial charge in [-0.25, -0.2) is 9.86 Å². The minimum absolute atomic E-state index is 0.128. The zero-order chi connectivity index (χ0) is 18.4. The van der Waals surface area contributed by atoms with Crippen molar-refractivity contribution in [3.63, 3.8) is 0 Å². The number of primary amides is 1. The molecule has 2 aromatic rings. The highest BCUT2D eigenvalue weighted by Crippen LogP contribution is 2.28. The summed E-state index contributed by atoms with van der Waals surface area (Å²) in [4.78, 5) is 12.7. The summed E-state index contributed by atoms with van der Waals surface area (Å²) in [6, 6.07) is 11.7. The van der Waals surface area contributed by atoms with E-state index in [-0.39, 0.29) is 6.54 Å². The van der Waals surface area contributed by atoms with Gasteiger partial charge in [0.1, 0.15) is 11.5 Å². The fraction of sp³-hybridized carbons (Fsp3) is 0.235. The van der Waals surface area contributed by atoms with Crippen molar-refractivity contribution in [3.05, 3.63) is 58.1 Å². The first kappa shape index (κ1) is 19.3. The van der Waals surface area contributed by atoms with Gasteiger partial charge < -0.3 is 15.4 Å². The van der Waals surface area contributed by atoms with Gasteiger partial charge in [-0.15, -0.1) is 0 Å². The first-order chi connectivity index (χ1) is 11.8. The van der Waals surface area contributed by atoms with Crippen LogP contribution in [0, 0.1) is 0 Å². The van der Waals surface area contributed by atoms with Crippen molar-refractivity contribution in [2.75, 3.05) is 20.1 Å². The fourth-order valence-electron chi connectivity index (χ4n) is 2.20. The van der Waals surface area contributed by atoms with Crippen LogP contribution in [0.2, 0.25) is 10.0 Å². The molecule has 0 unspecified atom stereocenters. The maximum absolute atomic E-state index is 10.8. The number of likely N-dealkylation sites (N-methyl/N-ethyl adjacent to an activating group) is 1. The standard InChI is InChI=1S/C17H19Cl2N3O3/c1-21(5-6-22(24)17(20)23)11-12-3-2-4-15(7-12)25-16-9-13(18)8-14(19)10-16/h2-4,7-10,24H,5-6,11H2,1H3,(H2,20,23). The average Bonchev–Trinajstić information content (AvgIpc) is 2.51. The lowest BCUT2D eigenvalue weighted by atomic mass is 10.2. The Morgan fingerprint density at radius 2 is 1.80 bits per heavy atom. The molecule has 0 aromatic heterocycles. The number of hydrogen-bond donors (Lipinski definition) is 2. The van der Waals surface area contributed by atoms with E-state index < -0.39 is 6.03 Å². The number of amides is 2. The second-order valence-corrected chi connectivity index (χ2v) is 6.43. The minimum atomic E-state index is -0.871. The van der Waals surface area contributed by atoms with E-state index >= 15 is 0 Å². The van der Waals surface area contributed by atoms with Crippen molar-refractivity contribution in [2.24, 2.45) is 5.73 Å². The Labute approximate surface area is 156 Å². The zero-order valence-electron chi connectivity index (χ0n) is 13.7. The molecule has 0 fully saturated rings. The van der Waals surface area contributed by atoms with Crippen LogP contribution in [-0.4, -0.2) is 41.3 Å². The smallest absolute Gasteiger partial charge is 0.338 e. The second kappa shape index (κ2) is 8.92. The van der Waals surface area contributed by atoms with Crippen molar-refractivity contribution in [3.8, 4) is 11.5 Å². The number of nitrogens with two attached hydrogens (primary N) is 1. The summed E-state index contributed by atoms with van der Waals surface area (Å²) in [6.45, 7) is 1.21. The third kappa shape index (κ3) is 6.43. The number of nitrogens with zero attached hydrogens (tertiary/aromatic N) is 2. The summed E-state index contributed by atoms with van der Waals surface area (Å²) in [7, 11) is 1.87. The summed E-state index contributed by atoms with van der Waals surface area (Å²) in [6.07, 6.45) is 0. The van der Waals surface area contributed by atoms with E-state index in [0.717, 1.165) is 5.56 Å². The molecule has 8 heteroatoms. The number of urea groups is 1. The molecule has 134 valence electrons. The molecule has 0 aliphatic heterocycles. The lowest BCUT2D eigenvalue weighted by Crippen LogP contribution is -2.38. The summed E-state index contributed by atoms with van der Waals surface area (Å²) in [5, 5.41) is 10.8. The van der Waals surface area contributed by atoms with Crippen LogP contribution in [0.15, 0.2) is 42.5 Å². The minimum Gasteiger partial charge on any atom is -0.457 e. The van der Waals surface area contributed by atoms with Crippen LogP contribution in [0.1, 0.15) is 5.56 Å². The van der Waals surface area contributed by atoms with Gasteiger partial charge in [0.15, 0.2) is 0 Å². The van der Waals surface area contributed by atoms with Gasteiger partial charge in [-0.2, -0.15) is 0 Å². The number of carbonyl (C=O) groups excluding carboxylic acids is 1. The fourth-order valence-corrected chi connectivity index (χ4v) is 2.70. The van der Waals surface area contributed by atoms with Crippen LogP contribution in [0.4, 0.5) is 4.79 Å². The van der Waals surface area contributed by atoms with Crippen LogP contribution < -0.4 is 10.5 Å². The number of hydrogen-bond acceptors (Lipinski definition) is 4. The van der Waals surface area contributed by atoms with E-state index in [9.17, 15) is 10.0 Å². The highest BCUT2D eigenvalue weighted by atomic mass is 35.5. The molecule has 2 rings (SSSR count). The van der Waals surface area contributed by atoms with Gasteiger partial charge in [0, 0.05) is 23.1 Å². The van der Waals surface area contributed by atoms with Gasteiger partial charge in [-0.05, 0) is 42.9 Å². The van der Waals surface area contributed by atoms with E-state index in [1.165, 1.54) is 0 Å². The summed E-state index contributed by atoms with van der Waals surface area (Å²) in [5.74, 6) is 1.21. The van der Waals surface area contributed by atoms with Crippen LogP contribution in [0.25, 0.3) is 0 Å². The lowest BCUT2D eigenvalue weighted by Gasteiger charge is -2.20. The Kier molecular flexibility index (Phi) is 6.90. The molecule has 0 heterocycles. The Balaban J connectivity index is 1.97. The number of hydroxylamine groups is 2. The lowest BCUT2D eigenvalue weighted by molar-refractivity contribution is -0.0436. The SMILES string of the molecule is CN(CCN(O)C(N)=O)Cc1cccc(Oc2cc(Cl)cc(Cl)c2)c1.